The lowest BCUT2D eigenvalue weighted by atomic mass is 10.1. The Kier molecular flexibility index (Phi) is 4.37. The van der Waals surface area contributed by atoms with Gasteiger partial charge in [0.15, 0.2) is 0 Å². The van der Waals surface area contributed by atoms with E-state index in [1.807, 2.05) is 24.3 Å². The molecule has 0 spiro atoms. The third kappa shape index (κ3) is 3.41. The minimum Gasteiger partial charge on any atom is -0.478 e. The van der Waals surface area contributed by atoms with Gasteiger partial charge < -0.3 is 10.0 Å². The van der Waals surface area contributed by atoms with E-state index in [0.717, 1.165) is 39.6 Å². The van der Waals surface area contributed by atoms with Crippen LogP contribution in [0.4, 0.5) is 5.69 Å². The third-order valence-corrected chi connectivity index (χ3v) is 6.10. The van der Waals surface area contributed by atoms with Crippen LogP contribution in [0.3, 0.4) is 0 Å². The highest BCUT2D eigenvalue weighted by atomic mass is 32.1. The molecule has 142 valence electrons. The Morgan fingerprint density at radius 3 is 2.52 bits per heavy atom. The van der Waals surface area contributed by atoms with Crippen LogP contribution in [0.15, 0.2) is 78.2 Å². The van der Waals surface area contributed by atoms with Gasteiger partial charge in [-0.25, -0.2) is 9.78 Å². The monoisotopic (exact) mass is 398 g/mol. The molecule has 1 N–H and O–H groups in total. The SMILES string of the molecule is O=C(O)c1ccc2c(c1)CN(c1cccc(-c3csc(-c4ccccc4)n3)c1)C2. The van der Waals surface area contributed by atoms with Gasteiger partial charge in [-0.2, -0.15) is 0 Å². The van der Waals surface area contributed by atoms with E-state index in [4.69, 9.17) is 4.98 Å². The van der Waals surface area contributed by atoms with Gasteiger partial charge in [-0.05, 0) is 35.4 Å². The minimum atomic E-state index is -0.883. The number of benzene rings is 3. The molecule has 4 nitrogen and oxygen atoms in total. The number of anilines is 1. The standard InChI is InChI=1S/C24H18N2O2S/c27-24(28)18-9-10-19-13-26(14-20(19)11-18)21-8-4-7-17(12-21)22-15-29-23(25-22)16-5-2-1-3-6-16/h1-12,15H,13-14H2,(H,27,28). The Labute approximate surface area is 172 Å². The average Bonchev–Trinajstić information content (AvgIpc) is 3.41. The number of carboxylic acids is 1. The van der Waals surface area contributed by atoms with E-state index < -0.39 is 5.97 Å². The van der Waals surface area contributed by atoms with Gasteiger partial charge in [0.05, 0.1) is 11.3 Å². The lowest BCUT2D eigenvalue weighted by molar-refractivity contribution is 0.0697. The number of nitrogens with zero attached hydrogens (tertiary/aromatic N) is 2. The summed E-state index contributed by atoms with van der Waals surface area (Å²) >= 11 is 1.65. The highest BCUT2D eigenvalue weighted by Crippen LogP contribution is 2.33. The van der Waals surface area contributed by atoms with Gasteiger partial charge in [0.25, 0.3) is 0 Å². The summed E-state index contributed by atoms with van der Waals surface area (Å²) in [7, 11) is 0. The maximum Gasteiger partial charge on any atom is 0.335 e. The molecule has 1 aliphatic rings. The zero-order valence-electron chi connectivity index (χ0n) is 15.6. The van der Waals surface area contributed by atoms with Crippen LogP contribution in [0.5, 0.6) is 0 Å². The number of aromatic carboxylic acids is 1. The Morgan fingerprint density at radius 2 is 1.69 bits per heavy atom. The Morgan fingerprint density at radius 1 is 0.897 bits per heavy atom. The molecule has 1 aliphatic heterocycles. The maximum absolute atomic E-state index is 11.2. The second-order valence-electron chi connectivity index (χ2n) is 7.10. The van der Waals surface area contributed by atoms with E-state index in [1.54, 1.807) is 23.5 Å². The molecule has 0 aliphatic carbocycles. The van der Waals surface area contributed by atoms with Crippen molar-refractivity contribution >= 4 is 23.0 Å². The predicted octanol–water partition coefficient (Wildman–Crippen LogP) is 5.70. The fourth-order valence-corrected chi connectivity index (χ4v) is 4.53. The van der Waals surface area contributed by atoms with Gasteiger partial charge in [0.1, 0.15) is 5.01 Å². The van der Waals surface area contributed by atoms with Crippen molar-refractivity contribution < 1.29 is 9.90 Å². The number of fused-ring (bicyclic) bond motifs is 1. The van der Waals surface area contributed by atoms with Crippen LogP contribution in [0.25, 0.3) is 21.8 Å². The van der Waals surface area contributed by atoms with Crippen molar-refractivity contribution in [1.82, 2.24) is 4.98 Å². The third-order valence-electron chi connectivity index (χ3n) is 5.21. The molecule has 0 bridgehead atoms. The van der Waals surface area contributed by atoms with Crippen LogP contribution >= 0.6 is 11.3 Å². The number of rotatable bonds is 4. The molecular formula is C24H18N2O2S. The van der Waals surface area contributed by atoms with E-state index in [1.165, 1.54) is 5.56 Å². The second-order valence-corrected chi connectivity index (χ2v) is 7.96. The van der Waals surface area contributed by atoms with Crippen molar-refractivity contribution in [1.29, 1.82) is 0 Å². The molecule has 1 aromatic heterocycles. The predicted molar refractivity (Wildman–Crippen MR) is 116 cm³/mol. The highest BCUT2D eigenvalue weighted by molar-refractivity contribution is 7.13. The van der Waals surface area contributed by atoms with E-state index in [2.05, 4.69) is 46.7 Å². The molecule has 2 heterocycles. The van der Waals surface area contributed by atoms with Crippen molar-refractivity contribution in [2.45, 2.75) is 13.1 Å². The van der Waals surface area contributed by atoms with Crippen LogP contribution < -0.4 is 4.90 Å². The van der Waals surface area contributed by atoms with Crippen LogP contribution in [-0.2, 0) is 13.1 Å². The average molecular weight is 398 g/mol. The van der Waals surface area contributed by atoms with Crippen molar-refractivity contribution in [3.63, 3.8) is 0 Å². The largest absolute Gasteiger partial charge is 0.478 e. The first kappa shape index (κ1) is 17.6. The summed E-state index contributed by atoms with van der Waals surface area (Å²) in [4.78, 5) is 18.3. The number of aromatic nitrogens is 1. The smallest absolute Gasteiger partial charge is 0.335 e. The molecule has 29 heavy (non-hydrogen) atoms. The molecule has 5 heteroatoms. The molecule has 0 amide bonds. The van der Waals surface area contributed by atoms with E-state index in [9.17, 15) is 9.90 Å². The zero-order chi connectivity index (χ0) is 19.8. The van der Waals surface area contributed by atoms with Crippen LogP contribution in [0, 0.1) is 0 Å². The van der Waals surface area contributed by atoms with Crippen LogP contribution in [0.2, 0.25) is 0 Å². The van der Waals surface area contributed by atoms with Crippen molar-refractivity contribution in [3.05, 3.63) is 94.9 Å². The summed E-state index contributed by atoms with van der Waals surface area (Å²) < 4.78 is 0. The van der Waals surface area contributed by atoms with E-state index >= 15 is 0 Å². The molecule has 0 radical (unpaired) electrons. The maximum atomic E-state index is 11.2. The number of thiazole rings is 1. The van der Waals surface area contributed by atoms with Crippen LogP contribution in [0.1, 0.15) is 21.5 Å². The Hall–Kier alpha value is -3.44. The topological polar surface area (TPSA) is 53.4 Å². The number of carboxylic acid groups (broad SMARTS) is 1. The van der Waals surface area contributed by atoms with Crippen molar-refractivity contribution in [2.24, 2.45) is 0 Å². The zero-order valence-corrected chi connectivity index (χ0v) is 16.4. The fraction of sp³-hybridized carbons (Fsp3) is 0.0833. The van der Waals surface area contributed by atoms with Gasteiger partial charge in [-0.1, -0.05) is 48.5 Å². The van der Waals surface area contributed by atoms with Crippen molar-refractivity contribution in [3.8, 4) is 21.8 Å². The lowest BCUT2D eigenvalue weighted by Gasteiger charge is -2.18. The summed E-state index contributed by atoms with van der Waals surface area (Å²) in [6.07, 6.45) is 0. The van der Waals surface area contributed by atoms with E-state index in [-0.39, 0.29) is 0 Å². The van der Waals surface area contributed by atoms with Gasteiger partial charge in [-0.3, -0.25) is 0 Å². The molecular weight excluding hydrogens is 380 g/mol. The molecule has 0 saturated heterocycles. The first-order valence-corrected chi connectivity index (χ1v) is 10.3. The molecule has 0 unspecified atom stereocenters. The van der Waals surface area contributed by atoms with Gasteiger partial charge in [0.2, 0.25) is 0 Å². The summed E-state index contributed by atoms with van der Waals surface area (Å²) in [6, 6.07) is 24.0. The van der Waals surface area contributed by atoms with Crippen molar-refractivity contribution in [2.75, 3.05) is 4.90 Å². The van der Waals surface area contributed by atoms with Gasteiger partial charge in [0, 0.05) is 35.3 Å². The van der Waals surface area contributed by atoms with Gasteiger partial charge >= 0.3 is 5.97 Å². The lowest BCUT2D eigenvalue weighted by Crippen LogP contribution is -2.14. The Balaban J connectivity index is 1.41. The summed E-state index contributed by atoms with van der Waals surface area (Å²) in [5.41, 5.74) is 6.91. The molecule has 0 fully saturated rings. The van der Waals surface area contributed by atoms with E-state index in [0.29, 0.717) is 12.1 Å². The second kappa shape index (κ2) is 7.18. The molecule has 0 atom stereocenters. The molecule has 0 saturated carbocycles. The summed E-state index contributed by atoms with van der Waals surface area (Å²) in [5.74, 6) is -0.883. The quantitative estimate of drug-likeness (QED) is 0.479. The Bertz CT molecular complexity index is 1200. The fourth-order valence-electron chi connectivity index (χ4n) is 3.69. The summed E-state index contributed by atoms with van der Waals surface area (Å²) in [5, 5.41) is 12.3. The molecule has 3 aromatic carbocycles. The number of carbonyl (C=O) groups is 1. The number of hydrogen-bond acceptors (Lipinski definition) is 4. The van der Waals surface area contributed by atoms with Crippen LogP contribution in [-0.4, -0.2) is 16.1 Å². The first-order valence-electron chi connectivity index (χ1n) is 9.39. The normalized spacial score (nSPS) is 12.8. The number of hydrogen-bond donors (Lipinski definition) is 1. The van der Waals surface area contributed by atoms with Gasteiger partial charge in [-0.15, -0.1) is 11.3 Å². The first-order chi connectivity index (χ1) is 14.2. The molecule has 5 rings (SSSR count). The highest BCUT2D eigenvalue weighted by Gasteiger charge is 2.21. The minimum absolute atomic E-state index is 0.343. The molecule has 4 aromatic rings. The summed E-state index contributed by atoms with van der Waals surface area (Å²) in [6.45, 7) is 1.50.